The number of nitro groups is 1. The molecule has 1 aromatic rings. The van der Waals surface area contributed by atoms with Crippen molar-refractivity contribution in [1.29, 1.82) is 0 Å². The lowest BCUT2D eigenvalue weighted by Gasteiger charge is -2.13. The normalized spacial score (nSPS) is 11.9. The predicted molar refractivity (Wildman–Crippen MR) is 62.8 cm³/mol. The summed E-state index contributed by atoms with van der Waals surface area (Å²) in [6, 6.07) is -0.146. The maximum Gasteiger partial charge on any atom is 0.328 e. The number of aromatic nitrogens is 1. The highest BCUT2D eigenvalue weighted by Gasteiger charge is 2.23. The lowest BCUT2D eigenvalue weighted by molar-refractivity contribution is -0.384. The number of aryl methyl sites for hydroxylation is 1. The third-order valence-corrected chi connectivity index (χ3v) is 2.37. The molecule has 0 aromatic carbocycles. The lowest BCUT2D eigenvalue weighted by Crippen LogP contribution is -2.44. The van der Waals surface area contributed by atoms with Crippen LogP contribution in [-0.2, 0) is 16.6 Å². The van der Waals surface area contributed by atoms with Gasteiger partial charge in [0.2, 0.25) is 0 Å². The number of carbonyl (C=O) groups excluding carboxylic acids is 1. The molecule has 0 aliphatic carbocycles. The molecule has 9 heteroatoms. The van der Waals surface area contributed by atoms with Gasteiger partial charge >= 0.3 is 5.97 Å². The van der Waals surface area contributed by atoms with Gasteiger partial charge in [0, 0.05) is 20.2 Å². The molecule has 1 aromatic heterocycles. The summed E-state index contributed by atoms with van der Waals surface area (Å²) in [4.78, 5) is 32.6. The van der Waals surface area contributed by atoms with Crippen molar-refractivity contribution in [1.82, 2.24) is 9.88 Å². The minimum atomic E-state index is -1.25. The molecular formula is C10H13N3O6. The van der Waals surface area contributed by atoms with Crippen molar-refractivity contribution in [3.05, 3.63) is 28.1 Å². The summed E-state index contributed by atoms with van der Waals surface area (Å²) in [6.07, 6.45) is 1.17. The van der Waals surface area contributed by atoms with E-state index in [2.05, 4.69) is 10.1 Å². The predicted octanol–water partition coefficient (Wildman–Crippen LogP) is -0.237. The SMILES string of the molecule is COCC(NC(=O)c1cc([N+](=O)[O-])cn1C)C(=O)O. The van der Waals surface area contributed by atoms with E-state index in [1.54, 1.807) is 0 Å². The van der Waals surface area contributed by atoms with E-state index in [0.717, 1.165) is 6.07 Å². The number of hydrogen-bond acceptors (Lipinski definition) is 5. The number of carboxylic acid groups (broad SMARTS) is 1. The zero-order valence-electron chi connectivity index (χ0n) is 10.3. The second-order valence-electron chi connectivity index (χ2n) is 3.77. The molecule has 104 valence electrons. The van der Waals surface area contributed by atoms with Crippen LogP contribution in [0.25, 0.3) is 0 Å². The van der Waals surface area contributed by atoms with Gasteiger partial charge in [0.05, 0.1) is 17.7 Å². The van der Waals surface area contributed by atoms with E-state index in [-0.39, 0.29) is 18.0 Å². The Bertz CT molecular complexity index is 509. The maximum absolute atomic E-state index is 11.8. The van der Waals surface area contributed by atoms with Gasteiger partial charge in [-0.3, -0.25) is 14.9 Å². The number of nitrogens with zero attached hydrogens (tertiary/aromatic N) is 2. The second-order valence-corrected chi connectivity index (χ2v) is 3.77. The van der Waals surface area contributed by atoms with Crippen LogP contribution in [0.4, 0.5) is 5.69 Å². The molecule has 0 bridgehead atoms. The van der Waals surface area contributed by atoms with E-state index in [1.165, 1.54) is 24.9 Å². The highest BCUT2D eigenvalue weighted by Crippen LogP contribution is 2.15. The first-order chi connectivity index (χ1) is 8.86. The van der Waals surface area contributed by atoms with Crippen molar-refractivity contribution in [2.45, 2.75) is 6.04 Å². The number of rotatable bonds is 6. The van der Waals surface area contributed by atoms with Crippen molar-refractivity contribution >= 4 is 17.6 Å². The van der Waals surface area contributed by atoms with Gasteiger partial charge in [-0.2, -0.15) is 0 Å². The Kier molecular flexibility index (Phi) is 4.59. The fourth-order valence-electron chi connectivity index (χ4n) is 1.45. The Labute approximate surface area is 107 Å². The van der Waals surface area contributed by atoms with Gasteiger partial charge in [-0.15, -0.1) is 0 Å². The van der Waals surface area contributed by atoms with Gasteiger partial charge in [0.25, 0.3) is 11.6 Å². The molecule has 1 amide bonds. The Balaban J connectivity index is 2.88. The van der Waals surface area contributed by atoms with Crippen LogP contribution in [0, 0.1) is 10.1 Å². The van der Waals surface area contributed by atoms with Crippen LogP contribution in [0.1, 0.15) is 10.5 Å². The monoisotopic (exact) mass is 271 g/mol. The summed E-state index contributed by atoms with van der Waals surface area (Å²) in [5.41, 5.74) is -0.250. The Morgan fingerprint density at radius 2 is 2.26 bits per heavy atom. The summed E-state index contributed by atoms with van der Waals surface area (Å²) >= 11 is 0. The minimum absolute atomic E-state index is 0.00551. The van der Waals surface area contributed by atoms with Crippen LogP contribution in [0.15, 0.2) is 12.3 Å². The van der Waals surface area contributed by atoms with Gasteiger partial charge in [-0.1, -0.05) is 0 Å². The highest BCUT2D eigenvalue weighted by atomic mass is 16.6. The fraction of sp³-hybridized carbons (Fsp3) is 0.400. The molecule has 1 atom stereocenters. The molecule has 19 heavy (non-hydrogen) atoms. The maximum atomic E-state index is 11.8. The Morgan fingerprint density at radius 3 is 2.68 bits per heavy atom. The van der Waals surface area contributed by atoms with E-state index >= 15 is 0 Å². The molecule has 0 spiro atoms. The average Bonchev–Trinajstić information content (AvgIpc) is 2.70. The van der Waals surface area contributed by atoms with Gasteiger partial charge in [-0.25, -0.2) is 4.79 Å². The van der Waals surface area contributed by atoms with Crippen LogP contribution in [0.5, 0.6) is 0 Å². The third kappa shape index (κ3) is 3.52. The van der Waals surface area contributed by atoms with E-state index < -0.39 is 22.8 Å². The second kappa shape index (κ2) is 5.96. The zero-order chi connectivity index (χ0) is 14.6. The van der Waals surface area contributed by atoms with Crippen LogP contribution in [-0.4, -0.2) is 46.2 Å². The first-order valence-corrected chi connectivity index (χ1v) is 5.20. The topological polar surface area (TPSA) is 124 Å². The quantitative estimate of drug-likeness (QED) is 0.543. The minimum Gasteiger partial charge on any atom is -0.480 e. The molecule has 0 radical (unpaired) electrons. The highest BCUT2D eigenvalue weighted by molar-refractivity contribution is 5.96. The van der Waals surface area contributed by atoms with Gasteiger partial charge in [0.1, 0.15) is 5.69 Å². The number of ether oxygens (including phenoxy) is 1. The molecule has 1 rings (SSSR count). The number of aliphatic carboxylic acids is 1. The first-order valence-electron chi connectivity index (χ1n) is 5.20. The molecular weight excluding hydrogens is 258 g/mol. The number of carboxylic acids is 1. The van der Waals surface area contributed by atoms with Crippen molar-refractivity contribution < 1.29 is 24.4 Å². The average molecular weight is 271 g/mol. The molecule has 0 aliphatic heterocycles. The van der Waals surface area contributed by atoms with E-state index in [4.69, 9.17) is 5.11 Å². The van der Waals surface area contributed by atoms with Gasteiger partial charge in [0.15, 0.2) is 6.04 Å². The Morgan fingerprint density at radius 1 is 1.63 bits per heavy atom. The largest absolute Gasteiger partial charge is 0.480 e. The smallest absolute Gasteiger partial charge is 0.328 e. The van der Waals surface area contributed by atoms with Crippen molar-refractivity contribution in [3.63, 3.8) is 0 Å². The fourth-order valence-corrected chi connectivity index (χ4v) is 1.45. The first kappa shape index (κ1) is 14.6. The van der Waals surface area contributed by atoms with Gasteiger partial charge < -0.3 is 19.7 Å². The standard InChI is InChI=1S/C10H13N3O6/c1-12-4-6(13(17)18)3-8(12)9(14)11-7(5-19-2)10(15)16/h3-4,7H,5H2,1-2H3,(H,11,14)(H,15,16). The van der Waals surface area contributed by atoms with Crippen LogP contribution >= 0.6 is 0 Å². The third-order valence-electron chi connectivity index (χ3n) is 2.37. The zero-order valence-corrected chi connectivity index (χ0v) is 10.3. The summed E-state index contributed by atoms with van der Waals surface area (Å²) in [7, 11) is 2.75. The van der Waals surface area contributed by atoms with Crippen molar-refractivity contribution in [2.75, 3.05) is 13.7 Å². The van der Waals surface area contributed by atoms with Crippen molar-refractivity contribution in [2.24, 2.45) is 7.05 Å². The number of amides is 1. The summed E-state index contributed by atoms with van der Waals surface area (Å²) < 4.78 is 5.91. The van der Waals surface area contributed by atoms with Crippen molar-refractivity contribution in [3.8, 4) is 0 Å². The molecule has 2 N–H and O–H groups in total. The summed E-state index contributed by atoms with van der Waals surface area (Å²) in [6.45, 7) is -0.201. The van der Waals surface area contributed by atoms with Crippen LogP contribution < -0.4 is 5.32 Å². The molecule has 0 saturated heterocycles. The molecule has 1 unspecified atom stereocenters. The van der Waals surface area contributed by atoms with Gasteiger partial charge in [-0.05, 0) is 0 Å². The number of nitrogens with one attached hydrogen (secondary N) is 1. The Hall–Kier alpha value is -2.42. The molecule has 0 saturated carbocycles. The van der Waals surface area contributed by atoms with E-state index in [9.17, 15) is 19.7 Å². The lowest BCUT2D eigenvalue weighted by atomic mass is 10.3. The molecule has 0 fully saturated rings. The molecule has 1 heterocycles. The van der Waals surface area contributed by atoms with E-state index in [1.807, 2.05) is 0 Å². The molecule has 0 aliphatic rings. The number of methoxy groups -OCH3 is 1. The summed E-state index contributed by atoms with van der Waals surface area (Å²) in [5, 5.41) is 21.6. The number of hydrogen-bond donors (Lipinski definition) is 2. The summed E-state index contributed by atoms with van der Waals surface area (Å²) in [5.74, 6) is -1.97. The molecule has 9 nitrogen and oxygen atoms in total. The van der Waals surface area contributed by atoms with Crippen LogP contribution in [0.3, 0.4) is 0 Å². The van der Waals surface area contributed by atoms with Crippen LogP contribution in [0.2, 0.25) is 0 Å². The van der Waals surface area contributed by atoms with E-state index in [0.29, 0.717) is 0 Å². The number of carbonyl (C=O) groups is 2.